The fourth-order valence-corrected chi connectivity index (χ4v) is 2.88. The van der Waals surface area contributed by atoms with E-state index in [0.29, 0.717) is 11.1 Å². The first-order chi connectivity index (χ1) is 7.86. The van der Waals surface area contributed by atoms with Gasteiger partial charge in [0.2, 0.25) is 0 Å². The van der Waals surface area contributed by atoms with Crippen molar-refractivity contribution >= 4 is 23.3 Å². The van der Waals surface area contributed by atoms with Crippen LogP contribution in [-0.2, 0) is 0 Å². The highest BCUT2D eigenvalue weighted by atomic mass is 35.5. The number of rotatable bonds is 2. The average Bonchev–Trinajstić information content (AvgIpc) is 2.63. The van der Waals surface area contributed by atoms with Crippen LogP contribution in [0.5, 0.6) is 0 Å². The molecule has 16 heavy (non-hydrogen) atoms. The molecule has 0 saturated heterocycles. The second kappa shape index (κ2) is 4.15. The Morgan fingerprint density at radius 3 is 2.62 bits per heavy atom. The van der Waals surface area contributed by atoms with Crippen molar-refractivity contribution < 1.29 is 0 Å². The summed E-state index contributed by atoms with van der Waals surface area (Å²) in [6, 6.07) is 8.41. The van der Waals surface area contributed by atoms with Gasteiger partial charge in [-0.3, -0.25) is 0 Å². The van der Waals surface area contributed by atoms with Crippen molar-refractivity contribution in [3.63, 3.8) is 0 Å². The molecule has 3 rings (SSSR count). The second-order valence-electron chi connectivity index (χ2n) is 4.12. The SMILES string of the molecule is Clc1nsnc1-c1ccccc1C1CCC1. The summed E-state index contributed by atoms with van der Waals surface area (Å²) in [5.41, 5.74) is 3.38. The van der Waals surface area contributed by atoms with Crippen LogP contribution in [0.1, 0.15) is 30.7 Å². The molecule has 0 aliphatic heterocycles. The maximum Gasteiger partial charge on any atom is 0.170 e. The van der Waals surface area contributed by atoms with Gasteiger partial charge in [0.05, 0.1) is 11.7 Å². The molecule has 0 atom stereocenters. The molecule has 0 unspecified atom stereocenters. The van der Waals surface area contributed by atoms with E-state index in [2.05, 4.69) is 26.9 Å². The van der Waals surface area contributed by atoms with Crippen LogP contribution in [0, 0.1) is 0 Å². The highest BCUT2D eigenvalue weighted by molar-refractivity contribution is 6.99. The van der Waals surface area contributed by atoms with E-state index >= 15 is 0 Å². The van der Waals surface area contributed by atoms with Gasteiger partial charge in [-0.1, -0.05) is 42.3 Å². The third-order valence-corrected chi connectivity index (χ3v) is 4.10. The number of aromatic nitrogens is 2. The number of hydrogen-bond donors (Lipinski definition) is 0. The minimum absolute atomic E-state index is 0.525. The Morgan fingerprint density at radius 2 is 2.00 bits per heavy atom. The Hall–Kier alpha value is -0.930. The van der Waals surface area contributed by atoms with Gasteiger partial charge < -0.3 is 0 Å². The van der Waals surface area contributed by atoms with Crippen molar-refractivity contribution in [1.29, 1.82) is 0 Å². The van der Waals surface area contributed by atoms with E-state index in [0.717, 1.165) is 11.3 Å². The summed E-state index contributed by atoms with van der Waals surface area (Å²) in [7, 11) is 0. The topological polar surface area (TPSA) is 25.8 Å². The molecule has 2 aromatic rings. The lowest BCUT2D eigenvalue weighted by Gasteiger charge is -2.27. The molecular formula is C12H11ClN2S. The Morgan fingerprint density at radius 1 is 1.19 bits per heavy atom. The molecule has 1 heterocycles. The first-order valence-corrected chi connectivity index (χ1v) is 6.54. The monoisotopic (exact) mass is 250 g/mol. The number of benzene rings is 1. The Balaban J connectivity index is 2.09. The summed E-state index contributed by atoms with van der Waals surface area (Å²) >= 11 is 7.22. The van der Waals surface area contributed by atoms with E-state index in [-0.39, 0.29) is 0 Å². The number of hydrogen-bond acceptors (Lipinski definition) is 3. The Bertz CT molecular complexity index is 505. The summed E-state index contributed by atoms with van der Waals surface area (Å²) in [5, 5.41) is 0.525. The molecule has 1 saturated carbocycles. The summed E-state index contributed by atoms with van der Waals surface area (Å²) in [6.07, 6.45) is 3.90. The van der Waals surface area contributed by atoms with Crippen LogP contribution in [-0.4, -0.2) is 8.75 Å². The molecule has 0 radical (unpaired) electrons. The van der Waals surface area contributed by atoms with Gasteiger partial charge in [-0.05, 0) is 24.3 Å². The number of nitrogens with zero attached hydrogens (tertiary/aromatic N) is 2. The van der Waals surface area contributed by atoms with Crippen LogP contribution < -0.4 is 0 Å². The zero-order chi connectivity index (χ0) is 11.0. The van der Waals surface area contributed by atoms with Gasteiger partial charge in [0, 0.05) is 5.56 Å². The van der Waals surface area contributed by atoms with E-state index in [1.165, 1.54) is 36.6 Å². The first-order valence-electron chi connectivity index (χ1n) is 5.43. The van der Waals surface area contributed by atoms with Crippen molar-refractivity contribution in [3.05, 3.63) is 35.0 Å². The molecule has 0 bridgehead atoms. The lowest BCUT2D eigenvalue weighted by atomic mass is 9.78. The molecule has 1 aromatic heterocycles. The molecule has 1 fully saturated rings. The predicted molar refractivity (Wildman–Crippen MR) is 66.9 cm³/mol. The summed E-state index contributed by atoms with van der Waals surface area (Å²) in [5.74, 6) is 0.689. The zero-order valence-corrected chi connectivity index (χ0v) is 10.3. The standard InChI is InChI=1S/C12H11ClN2S/c13-12-11(14-16-15-12)10-7-2-1-6-9(10)8-4-3-5-8/h1-2,6-8H,3-5H2. The minimum Gasteiger partial charge on any atom is -0.171 e. The maximum absolute atomic E-state index is 6.05. The second-order valence-corrected chi connectivity index (χ2v) is 5.01. The summed E-state index contributed by atoms with van der Waals surface area (Å²) in [4.78, 5) is 0. The molecule has 82 valence electrons. The van der Waals surface area contributed by atoms with Crippen LogP contribution in [0.4, 0.5) is 0 Å². The van der Waals surface area contributed by atoms with Crippen LogP contribution >= 0.6 is 23.3 Å². The van der Waals surface area contributed by atoms with Crippen LogP contribution in [0.2, 0.25) is 5.15 Å². The van der Waals surface area contributed by atoms with Gasteiger partial charge in [0.25, 0.3) is 0 Å². The van der Waals surface area contributed by atoms with Crippen molar-refractivity contribution in [1.82, 2.24) is 8.75 Å². The lowest BCUT2D eigenvalue weighted by Crippen LogP contribution is -2.09. The van der Waals surface area contributed by atoms with E-state index in [1.54, 1.807) is 0 Å². The van der Waals surface area contributed by atoms with Crippen molar-refractivity contribution in [2.75, 3.05) is 0 Å². The maximum atomic E-state index is 6.05. The van der Waals surface area contributed by atoms with Crippen LogP contribution in [0.15, 0.2) is 24.3 Å². The summed E-state index contributed by atoms with van der Waals surface area (Å²) in [6.45, 7) is 0. The highest BCUT2D eigenvalue weighted by Crippen LogP contribution is 2.41. The number of halogens is 1. The van der Waals surface area contributed by atoms with Gasteiger partial charge in [0.1, 0.15) is 5.69 Å². The van der Waals surface area contributed by atoms with Gasteiger partial charge in [-0.25, -0.2) is 0 Å². The third-order valence-electron chi connectivity index (χ3n) is 3.21. The molecular weight excluding hydrogens is 240 g/mol. The molecule has 0 amide bonds. The van der Waals surface area contributed by atoms with Crippen molar-refractivity contribution in [3.8, 4) is 11.3 Å². The average molecular weight is 251 g/mol. The fourth-order valence-electron chi connectivity index (χ4n) is 2.13. The van der Waals surface area contributed by atoms with Gasteiger partial charge in [-0.2, -0.15) is 8.75 Å². The Labute approximate surface area is 104 Å². The smallest absolute Gasteiger partial charge is 0.170 e. The molecule has 0 N–H and O–H groups in total. The Kier molecular flexibility index (Phi) is 2.65. The largest absolute Gasteiger partial charge is 0.171 e. The molecule has 1 aromatic carbocycles. The van der Waals surface area contributed by atoms with E-state index in [9.17, 15) is 0 Å². The van der Waals surface area contributed by atoms with Crippen LogP contribution in [0.25, 0.3) is 11.3 Å². The van der Waals surface area contributed by atoms with E-state index in [4.69, 9.17) is 11.6 Å². The first kappa shape index (κ1) is 10.2. The normalized spacial score (nSPS) is 16.1. The van der Waals surface area contributed by atoms with Crippen LogP contribution in [0.3, 0.4) is 0 Å². The lowest BCUT2D eigenvalue weighted by molar-refractivity contribution is 0.420. The van der Waals surface area contributed by atoms with E-state index in [1.807, 2.05) is 6.07 Å². The van der Waals surface area contributed by atoms with Gasteiger partial charge >= 0.3 is 0 Å². The highest BCUT2D eigenvalue weighted by Gasteiger charge is 2.23. The minimum atomic E-state index is 0.525. The van der Waals surface area contributed by atoms with Gasteiger partial charge in [0.15, 0.2) is 5.15 Å². The predicted octanol–water partition coefficient (Wildman–Crippen LogP) is 4.13. The summed E-state index contributed by atoms with van der Waals surface area (Å²) < 4.78 is 8.32. The molecule has 1 aliphatic rings. The molecule has 4 heteroatoms. The molecule has 1 aliphatic carbocycles. The van der Waals surface area contributed by atoms with Crippen molar-refractivity contribution in [2.24, 2.45) is 0 Å². The molecule has 2 nitrogen and oxygen atoms in total. The van der Waals surface area contributed by atoms with Gasteiger partial charge in [-0.15, -0.1) is 0 Å². The quantitative estimate of drug-likeness (QED) is 0.801. The molecule has 0 spiro atoms. The third kappa shape index (κ3) is 1.64. The van der Waals surface area contributed by atoms with E-state index < -0.39 is 0 Å². The van der Waals surface area contributed by atoms with Crippen molar-refractivity contribution in [2.45, 2.75) is 25.2 Å². The zero-order valence-electron chi connectivity index (χ0n) is 8.69. The fraction of sp³-hybridized carbons (Fsp3) is 0.333.